The van der Waals surface area contributed by atoms with Crippen molar-refractivity contribution in [3.8, 4) is 11.1 Å². The quantitative estimate of drug-likeness (QED) is 0.776. The predicted octanol–water partition coefficient (Wildman–Crippen LogP) is 1.52. The fourth-order valence-electron chi connectivity index (χ4n) is 2.22. The summed E-state index contributed by atoms with van der Waals surface area (Å²) in [6.45, 7) is 1.45. The fraction of sp³-hybridized carbons (Fsp3) is 0.154. The molecule has 0 fully saturated rings. The van der Waals surface area contributed by atoms with Crippen LogP contribution in [0.4, 0.5) is 11.5 Å². The molecule has 4 nitrogen and oxygen atoms in total. The van der Waals surface area contributed by atoms with Gasteiger partial charge in [0.05, 0.1) is 5.69 Å². The second-order valence-electron chi connectivity index (χ2n) is 4.10. The maximum absolute atomic E-state index is 11.9. The minimum Gasteiger partial charge on any atom is -0.395 e. The Kier molecular flexibility index (Phi) is 2.14. The number of nitrogens with one attached hydrogen (secondary N) is 1. The summed E-state index contributed by atoms with van der Waals surface area (Å²) < 4.78 is 1.68. The number of hydrogen-bond donors (Lipinski definition) is 2. The summed E-state index contributed by atoms with van der Waals surface area (Å²) in [5.74, 6) is 0.747. The van der Waals surface area contributed by atoms with E-state index < -0.39 is 0 Å². The van der Waals surface area contributed by atoms with E-state index >= 15 is 0 Å². The molecule has 0 radical (unpaired) electrons. The van der Waals surface area contributed by atoms with E-state index in [2.05, 4.69) is 5.32 Å². The molecule has 0 atom stereocenters. The van der Waals surface area contributed by atoms with Crippen LogP contribution in [-0.4, -0.2) is 11.1 Å². The number of aromatic nitrogens is 1. The van der Waals surface area contributed by atoms with E-state index in [9.17, 15) is 4.79 Å². The van der Waals surface area contributed by atoms with Crippen LogP contribution in [0.2, 0.25) is 0 Å². The van der Waals surface area contributed by atoms with Crippen LogP contribution in [0.5, 0.6) is 0 Å². The van der Waals surface area contributed by atoms with Crippen LogP contribution in [0.3, 0.4) is 0 Å². The van der Waals surface area contributed by atoms with Gasteiger partial charge in [0.1, 0.15) is 5.82 Å². The molecule has 3 rings (SSSR count). The van der Waals surface area contributed by atoms with Crippen molar-refractivity contribution in [2.45, 2.75) is 6.54 Å². The average Bonchev–Trinajstić information content (AvgIpc) is 2.85. The highest BCUT2D eigenvalue weighted by Gasteiger charge is 2.17. The lowest BCUT2D eigenvalue weighted by Crippen LogP contribution is -2.18. The van der Waals surface area contributed by atoms with Crippen molar-refractivity contribution in [2.24, 2.45) is 0 Å². The SMILES string of the molecule is Nc1c(-c2ccccc2)cc(=O)n2c1NCC2. The van der Waals surface area contributed by atoms with Crippen molar-refractivity contribution in [3.05, 3.63) is 46.8 Å². The molecule has 2 aromatic rings. The topological polar surface area (TPSA) is 60.1 Å². The molecular formula is C13H13N3O. The molecule has 0 unspecified atom stereocenters. The molecule has 0 saturated heterocycles. The lowest BCUT2D eigenvalue weighted by molar-refractivity contribution is 0.774. The first kappa shape index (κ1) is 9.96. The lowest BCUT2D eigenvalue weighted by atomic mass is 10.1. The standard InChI is InChI=1S/C13H13N3O/c14-12-10(9-4-2-1-3-5-9)8-11(17)16-7-6-15-13(12)16/h1-5,8,15H,6-7,14H2. The predicted molar refractivity (Wildman–Crippen MR) is 69.0 cm³/mol. The Hall–Kier alpha value is -2.23. The number of pyridine rings is 1. The van der Waals surface area contributed by atoms with Gasteiger partial charge in [0.2, 0.25) is 0 Å². The monoisotopic (exact) mass is 227 g/mol. The van der Waals surface area contributed by atoms with Gasteiger partial charge >= 0.3 is 0 Å². The summed E-state index contributed by atoms with van der Waals surface area (Å²) in [5, 5.41) is 3.16. The molecule has 4 heteroatoms. The number of rotatable bonds is 1. The number of nitrogen functional groups attached to an aromatic ring is 1. The van der Waals surface area contributed by atoms with E-state index in [1.165, 1.54) is 0 Å². The second kappa shape index (κ2) is 3.66. The Morgan fingerprint density at radius 2 is 2.00 bits per heavy atom. The van der Waals surface area contributed by atoms with Crippen molar-refractivity contribution < 1.29 is 0 Å². The van der Waals surface area contributed by atoms with Gasteiger partial charge in [0.25, 0.3) is 5.56 Å². The van der Waals surface area contributed by atoms with Crippen molar-refractivity contribution in [1.82, 2.24) is 4.57 Å². The summed E-state index contributed by atoms with van der Waals surface area (Å²) in [7, 11) is 0. The van der Waals surface area contributed by atoms with E-state index in [-0.39, 0.29) is 5.56 Å². The molecule has 0 aliphatic carbocycles. The zero-order chi connectivity index (χ0) is 11.8. The van der Waals surface area contributed by atoms with E-state index in [1.54, 1.807) is 10.6 Å². The molecule has 0 spiro atoms. The summed E-state index contributed by atoms with van der Waals surface area (Å²) in [5.41, 5.74) is 8.53. The number of benzene rings is 1. The van der Waals surface area contributed by atoms with E-state index in [4.69, 9.17) is 5.73 Å². The van der Waals surface area contributed by atoms with Crippen LogP contribution in [0.15, 0.2) is 41.2 Å². The minimum atomic E-state index is -0.00180. The molecule has 0 amide bonds. The molecule has 1 aliphatic heterocycles. The summed E-state index contributed by atoms with van der Waals surface area (Å²) >= 11 is 0. The van der Waals surface area contributed by atoms with Gasteiger partial charge in [0.15, 0.2) is 0 Å². The molecule has 1 aromatic carbocycles. The first-order valence-electron chi connectivity index (χ1n) is 5.60. The van der Waals surface area contributed by atoms with Crippen molar-refractivity contribution >= 4 is 11.5 Å². The molecular weight excluding hydrogens is 214 g/mol. The van der Waals surface area contributed by atoms with Gasteiger partial charge in [-0.1, -0.05) is 30.3 Å². The van der Waals surface area contributed by atoms with Crippen molar-refractivity contribution in [2.75, 3.05) is 17.6 Å². The van der Waals surface area contributed by atoms with Gasteiger partial charge in [-0.05, 0) is 5.56 Å². The van der Waals surface area contributed by atoms with Crippen LogP contribution in [0.1, 0.15) is 0 Å². The molecule has 0 bridgehead atoms. The maximum Gasteiger partial charge on any atom is 0.252 e. The molecule has 1 aliphatic rings. The van der Waals surface area contributed by atoms with Crippen LogP contribution >= 0.6 is 0 Å². The summed E-state index contributed by atoms with van der Waals surface area (Å²) in [4.78, 5) is 11.9. The summed E-state index contributed by atoms with van der Waals surface area (Å²) in [6.07, 6.45) is 0. The number of anilines is 2. The molecule has 17 heavy (non-hydrogen) atoms. The van der Waals surface area contributed by atoms with Gasteiger partial charge in [-0.15, -0.1) is 0 Å². The third-order valence-electron chi connectivity index (χ3n) is 3.06. The molecule has 1 aromatic heterocycles. The Morgan fingerprint density at radius 1 is 1.24 bits per heavy atom. The number of nitrogens with two attached hydrogens (primary N) is 1. The van der Waals surface area contributed by atoms with Gasteiger partial charge in [-0.25, -0.2) is 0 Å². The third-order valence-corrected chi connectivity index (χ3v) is 3.06. The van der Waals surface area contributed by atoms with Gasteiger partial charge < -0.3 is 11.1 Å². The Labute approximate surface area is 98.7 Å². The number of hydrogen-bond acceptors (Lipinski definition) is 3. The van der Waals surface area contributed by atoms with Crippen LogP contribution in [-0.2, 0) is 6.54 Å². The van der Waals surface area contributed by atoms with Crippen molar-refractivity contribution in [1.29, 1.82) is 0 Å². The first-order chi connectivity index (χ1) is 8.27. The average molecular weight is 227 g/mol. The van der Waals surface area contributed by atoms with Gasteiger partial charge in [-0.3, -0.25) is 9.36 Å². The Bertz CT molecular complexity index is 617. The minimum absolute atomic E-state index is 0.00180. The van der Waals surface area contributed by atoms with Gasteiger partial charge in [0, 0.05) is 24.7 Å². The highest BCUT2D eigenvalue weighted by Crippen LogP contribution is 2.31. The van der Waals surface area contributed by atoms with E-state index in [1.807, 2.05) is 30.3 Å². The number of nitrogens with zero attached hydrogens (tertiary/aromatic N) is 1. The van der Waals surface area contributed by atoms with E-state index in [0.29, 0.717) is 12.2 Å². The molecule has 0 saturated carbocycles. The Morgan fingerprint density at radius 3 is 2.76 bits per heavy atom. The normalized spacial score (nSPS) is 13.2. The largest absolute Gasteiger partial charge is 0.395 e. The number of fused-ring (bicyclic) bond motifs is 1. The highest BCUT2D eigenvalue weighted by molar-refractivity contribution is 5.83. The second-order valence-corrected chi connectivity index (χ2v) is 4.10. The third kappa shape index (κ3) is 1.49. The smallest absolute Gasteiger partial charge is 0.252 e. The first-order valence-corrected chi connectivity index (χ1v) is 5.60. The molecule has 3 N–H and O–H groups in total. The Balaban J connectivity index is 2.26. The van der Waals surface area contributed by atoms with Crippen molar-refractivity contribution in [3.63, 3.8) is 0 Å². The highest BCUT2D eigenvalue weighted by atomic mass is 16.1. The lowest BCUT2D eigenvalue weighted by Gasteiger charge is -2.11. The molecule has 2 heterocycles. The summed E-state index contributed by atoms with van der Waals surface area (Å²) in [6, 6.07) is 11.3. The van der Waals surface area contributed by atoms with E-state index in [0.717, 1.165) is 23.5 Å². The molecule has 86 valence electrons. The van der Waals surface area contributed by atoms with Crippen LogP contribution in [0, 0.1) is 0 Å². The zero-order valence-corrected chi connectivity index (χ0v) is 9.31. The van der Waals surface area contributed by atoms with Crippen LogP contribution < -0.4 is 16.6 Å². The maximum atomic E-state index is 11.9. The fourth-order valence-corrected chi connectivity index (χ4v) is 2.22. The van der Waals surface area contributed by atoms with Gasteiger partial charge in [-0.2, -0.15) is 0 Å². The zero-order valence-electron chi connectivity index (χ0n) is 9.31. The van der Waals surface area contributed by atoms with Crippen LogP contribution in [0.25, 0.3) is 11.1 Å².